The van der Waals surface area contributed by atoms with E-state index in [1.165, 1.54) is 5.56 Å². The molecule has 40 heavy (non-hydrogen) atoms. The van der Waals surface area contributed by atoms with Gasteiger partial charge in [0.15, 0.2) is 5.75 Å². The average molecular weight is 542 g/mol. The lowest BCUT2D eigenvalue weighted by Crippen LogP contribution is -2.47. The molecular formula is C32H39N5O3. The Hall–Kier alpha value is -3.46. The number of fused-ring (bicyclic) bond motifs is 4. The van der Waals surface area contributed by atoms with E-state index in [4.69, 9.17) is 0 Å². The molecule has 210 valence electrons. The van der Waals surface area contributed by atoms with E-state index < -0.39 is 0 Å². The second kappa shape index (κ2) is 11.6. The van der Waals surface area contributed by atoms with Gasteiger partial charge in [-0.1, -0.05) is 48.6 Å². The summed E-state index contributed by atoms with van der Waals surface area (Å²) in [5.41, 5.74) is 3.74. The number of piperazine rings is 1. The molecule has 3 aliphatic heterocycles. The van der Waals surface area contributed by atoms with Gasteiger partial charge in [0.2, 0.25) is 5.43 Å². The number of hydrogen-bond donors (Lipinski definition) is 1. The molecule has 5 heterocycles. The highest BCUT2D eigenvalue weighted by Gasteiger charge is 2.34. The van der Waals surface area contributed by atoms with Crippen LogP contribution in [0.5, 0.6) is 5.75 Å². The second-order valence-electron chi connectivity index (χ2n) is 11.6. The number of piperidine rings is 1. The Morgan fingerprint density at radius 1 is 0.875 bits per heavy atom. The van der Waals surface area contributed by atoms with Crippen molar-refractivity contribution in [3.05, 3.63) is 104 Å². The number of hydrogen-bond acceptors (Lipinski definition) is 6. The summed E-state index contributed by atoms with van der Waals surface area (Å²) in [5.74, 6) is 0.621. The van der Waals surface area contributed by atoms with Crippen molar-refractivity contribution in [2.45, 2.75) is 32.0 Å². The molecule has 8 heteroatoms. The number of aromatic nitrogens is 2. The molecule has 2 atom stereocenters. The van der Waals surface area contributed by atoms with Gasteiger partial charge in [-0.3, -0.25) is 24.3 Å². The first-order valence-electron chi connectivity index (χ1n) is 14.4. The molecule has 8 nitrogen and oxygen atoms in total. The van der Waals surface area contributed by atoms with Gasteiger partial charge in [0, 0.05) is 102 Å². The Bertz CT molecular complexity index is 1490. The van der Waals surface area contributed by atoms with Crippen LogP contribution in [0.15, 0.2) is 70.3 Å². The second-order valence-corrected chi connectivity index (χ2v) is 11.6. The quantitative estimate of drug-likeness (QED) is 0.496. The molecule has 0 radical (unpaired) electrons. The summed E-state index contributed by atoms with van der Waals surface area (Å²) in [6.45, 7) is 8.35. The van der Waals surface area contributed by atoms with Crippen LogP contribution in [0.2, 0.25) is 0 Å². The summed E-state index contributed by atoms with van der Waals surface area (Å²) >= 11 is 0. The number of nitrogens with zero attached hydrogens (tertiary/aromatic N) is 5. The van der Waals surface area contributed by atoms with Crippen molar-refractivity contribution in [1.82, 2.24) is 23.8 Å². The standard InChI is InChI=1S/C32H39N5O3/c1-33-27(22-36-19-25-17-26(21-36)28-10-5-11-31(39)37(28)20-25)18-30(38)32(40)29(33)23-35-15-13-34(14-16-35)12-6-9-24-7-3-2-4-8-24/h2-11,18,25-26,40H,12-17,19-23H2,1H3. The summed E-state index contributed by atoms with van der Waals surface area (Å²) in [6, 6.07) is 17.5. The number of pyridine rings is 2. The minimum Gasteiger partial charge on any atom is -0.503 e. The zero-order valence-corrected chi connectivity index (χ0v) is 23.3. The molecule has 3 aliphatic rings. The molecule has 6 rings (SSSR count). The average Bonchev–Trinajstić information content (AvgIpc) is 2.96. The maximum absolute atomic E-state index is 12.8. The van der Waals surface area contributed by atoms with Gasteiger partial charge < -0.3 is 14.2 Å². The molecule has 0 amide bonds. The lowest BCUT2D eigenvalue weighted by molar-refractivity contribution is 0.111. The van der Waals surface area contributed by atoms with Crippen LogP contribution in [0.1, 0.15) is 35.0 Å². The van der Waals surface area contributed by atoms with Gasteiger partial charge in [0.25, 0.3) is 5.56 Å². The van der Waals surface area contributed by atoms with Crippen LogP contribution < -0.4 is 11.0 Å². The zero-order chi connectivity index (χ0) is 27.6. The van der Waals surface area contributed by atoms with Crippen LogP contribution in [-0.4, -0.2) is 74.8 Å². The van der Waals surface area contributed by atoms with E-state index in [1.54, 1.807) is 12.1 Å². The maximum Gasteiger partial charge on any atom is 0.250 e. The lowest BCUT2D eigenvalue weighted by Gasteiger charge is -2.43. The van der Waals surface area contributed by atoms with Crippen LogP contribution in [0.4, 0.5) is 0 Å². The minimum atomic E-state index is -0.304. The fraction of sp³-hybridized carbons (Fsp3) is 0.438. The number of aromatic hydroxyl groups is 1. The Morgan fingerprint density at radius 2 is 1.65 bits per heavy atom. The molecule has 2 saturated heterocycles. The van der Waals surface area contributed by atoms with Gasteiger partial charge in [0.1, 0.15) is 0 Å². The van der Waals surface area contributed by atoms with Crippen molar-refractivity contribution in [3.63, 3.8) is 0 Å². The molecule has 0 aliphatic carbocycles. The van der Waals surface area contributed by atoms with Crippen LogP contribution in [0.25, 0.3) is 6.08 Å². The molecule has 0 saturated carbocycles. The van der Waals surface area contributed by atoms with Crippen molar-refractivity contribution < 1.29 is 5.11 Å². The topological polar surface area (TPSA) is 73.9 Å². The summed E-state index contributed by atoms with van der Waals surface area (Å²) in [6.07, 6.45) is 5.49. The van der Waals surface area contributed by atoms with Crippen molar-refractivity contribution in [1.29, 1.82) is 0 Å². The minimum absolute atomic E-state index is 0.0932. The Kier molecular flexibility index (Phi) is 7.74. The van der Waals surface area contributed by atoms with E-state index in [0.29, 0.717) is 30.6 Å². The molecule has 1 N–H and O–H groups in total. The van der Waals surface area contributed by atoms with Crippen LogP contribution in [0.3, 0.4) is 0 Å². The van der Waals surface area contributed by atoms with Crippen LogP contribution in [0, 0.1) is 5.92 Å². The van der Waals surface area contributed by atoms with E-state index in [9.17, 15) is 14.7 Å². The fourth-order valence-corrected chi connectivity index (χ4v) is 6.72. The normalized spacial score (nSPS) is 22.0. The number of rotatable bonds is 7. The highest BCUT2D eigenvalue weighted by atomic mass is 16.3. The van der Waals surface area contributed by atoms with Crippen LogP contribution >= 0.6 is 0 Å². The summed E-state index contributed by atoms with van der Waals surface area (Å²) in [5, 5.41) is 10.8. The molecule has 2 unspecified atom stereocenters. The molecule has 2 bridgehead atoms. The van der Waals surface area contributed by atoms with Crippen molar-refractivity contribution in [3.8, 4) is 5.75 Å². The first-order valence-corrected chi connectivity index (χ1v) is 14.4. The Balaban J connectivity index is 1.09. The largest absolute Gasteiger partial charge is 0.503 e. The summed E-state index contributed by atoms with van der Waals surface area (Å²) in [4.78, 5) is 32.4. The summed E-state index contributed by atoms with van der Waals surface area (Å²) in [7, 11) is 1.97. The van der Waals surface area contributed by atoms with Gasteiger partial charge in [-0.25, -0.2) is 0 Å². The molecule has 1 aromatic carbocycles. The highest BCUT2D eigenvalue weighted by molar-refractivity contribution is 5.48. The fourth-order valence-electron chi connectivity index (χ4n) is 6.72. The third kappa shape index (κ3) is 5.70. The molecule has 2 fully saturated rings. The smallest absolute Gasteiger partial charge is 0.250 e. The number of benzene rings is 1. The van der Waals surface area contributed by atoms with E-state index in [0.717, 1.165) is 70.2 Å². The van der Waals surface area contributed by atoms with Crippen molar-refractivity contribution in [2.75, 3.05) is 45.8 Å². The molecule has 3 aromatic rings. The lowest BCUT2D eigenvalue weighted by atomic mass is 9.83. The predicted octanol–water partition coefficient (Wildman–Crippen LogP) is 2.70. The third-order valence-corrected chi connectivity index (χ3v) is 8.89. The van der Waals surface area contributed by atoms with Crippen molar-refractivity contribution >= 4 is 6.08 Å². The monoisotopic (exact) mass is 541 g/mol. The molecular weight excluding hydrogens is 502 g/mol. The third-order valence-electron chi connectivity index (χ3n) is 8.89. The predicted molar refractivity (Wildman–Crippen MR) is 157 cm³/mol. The first-order chi connectivity index (χ1) is 19.4. The van der Waals surface area contributed by atoms with E-state index in [-0.39, 0.29) is 16.7 Å². The van der Waals surface area contributed by atoms with E-state index in [2.05, 4.69) is 57.2 Å². The first kappa shape index (κ1) is 26.7. The van der Waals surface area contributed by atoms with Gasteiger partial charge in [-0.2, -0.15) is 0 Å². The van der Waals surface area contributed by atoms with Crippen molar-refractivity contribution in [2.24, 2.45) is 13.0 Å². The van der Waals surface area contributed by atoms with Gasteiger partial charge in [0.05, 0.1) is 5.69 Å². The van der Waals surface area contributed by atoms with E-state index >= 15 is 0 Å². The van der Waals surface area contributed by atoms with E-state index in [1.807, 2.05) is 28.3 Å². The number of likely N-dealkylation sites (tertiary alicyclic amines) is 1. The summed E-state index contributed by atoms with van der Waals surface area (Å²) < 4.78 is 3.97. The Morgan fingerprint density at radius 3 is 2.45 bits per heavy atom. The van der Waals surface area contributed by atoms with Crippen LogP contribution in [-0.2, 0) is 26.7 Å². The SMILES string of the molecule is Cn1c(CN2CC3CC(C2)c2cccc(=O)n2C3)cc(=O)c(O)c1CN1CCN(CC=Cc2ccccc2)CC1. The maximum atomic E-state index is 12.8. The molecule has 2 aromatic heterocycles. The van der Waals surface area contributed by atoms with Gasteiger partial charge in [-0.15, -0.1) is 0 Å². The van der Waals surface area contributed by atoms with Gasteiger partial charge in [-0.05, 0) is 24.0 Å². The zero-order valence-electron chi connectivity index (χ0n) is 23.3. The highest BCUT2D eigenvalue weighted by Crippen LogP contribution is 2.35. The Labute approximate surface area is 235 Å². The molecule has 0 spiro atoms. The van der Waals surface area contributed by atoms with Gasteiger partial charge >= 0.3 is 0 Å².